The molecule has 40 heavy (non-hydrogen) atoms. The summed E-state index contributed by atoms with van der Waals surface area (Å²) in [6.07, 6.45) is 15.4. The van der Waals surface area contributed by atoms with E-state index in [9.17, 15) is 4.79 Å². The van der Waals surface area contributed by atoms with E-state index < -0.39 is 0 Å². The molecule has 2 amide bonds. The summed E-state index contributed by atoms with van der Waals surface area (Å²) in [6, 6.07) is 6.13. The van der Waals surface area contributed by atoms with Crippen LogP contribution in [-0.4, -0.2) is 44.3 Å². The lowest BCUT2D eigenvalue weighted by Gasteiger charge is -2.52. The SMILES string of the molecule is O=C(Nc1cccc(-c2nc(C3CC3)no2)c1CC12CCC(c3nc(C4CC4)no3)(CC1)CC2)N1CCCCC1. The number of carbonyl (C=O) groups excluding carboxylic acids is 1. The van der Waals surface area contributed by atoms with Crippen molar-refractivity contribution in [3.63, 3.8) is 0 Å². The maximum atomic E-state index is 13.3. The van der Waals surface area contributed by atoms with Gasteiger partial charge in [-0.05, 0) is 113 Å². The van der Waals surface area contributed by atoms with Crippen molar-refractivity contribution in [2.75, 3.05) is 18.4 Å². The molecule has 3 aromatic rings. The third-order valence-electron chi connectivity index (χ3n) is 10.5. The smallest absolute Gasteiger partial charge is 0.321 e. The molecule has 1 aliphatic heterocycles. The van der Waals surface area contributed by atoms with Crippen molar-refractivity contribution in [3.05, 3.63) is 41.3 Å². The van der Waals surface area contributed by atoms with Crippen molar-refractivity contribution in [1.29, 1.82) is 0 Å². The highest BCUT2D eigenvalue weighted by molar-refractivity contribution is 5.91. The van der Waals surface area contributed by atoms with Crippen LogP contribution >= 0.6 is 0 Å². The first kappa shape index (κ1) is 24.6. The van der Waals surface area contributed by atoms with Crippen LogP contribution in [0.2, 0.25) is 0 Å². The van der Waals surface area contributed by atoms with Crippen molar-refractivity contribution in [2.45, 2.75) is 107 Å². The van der Waals surface area contributed by atoms with Gasteiger partial charge in [0.25, 0.3) is 5.89 Å². The Morgan fingerprint density at radius 1 is 0.875 bits per heavy atom. The Hall–Kier alpha value is -3.23. The summed E-state index contributed by atoms with van der Waals surface area (Å²) in [6.45, 7) is 1.64. The number of urea groups is 1. The number of benzene rings is 1. The molecule has 3 heterocycles. The number of amides is 2. The molecular weight excluding hydrogens is 504 g/mol. The molecule has 0 atom stereocenters. The van der Waals surface area contributed by atoms with Crippen LogP contribution in [0.3, 0.4) is 0 Å². The fourth-order valence-corrected chi connectivity index (χ4v) is 7.42. The van der Waals surface area contributed by atoms with Crippen molar-refractivity contribution in [2.24, 2.45) is 5.41 Å². The first-order chi connectivity index (χ1) is 19.6. The van der Waals surface area contributed by atoms with Gasteiger partial charge < -0.3 is 19.3 Å². The number of hydrogen-bond acceptors (Lipinski definition) is 7. The number of piperidine rings is 1. The number of fused-ring (bicyclic) bond motifs is 3. The van der Waals surface area contributed by atoms with Crippen LogP contribution < -0.4 is 5.32 Å². The fourth-order valence-electron chi connectivity index (χ4n) is 7.42. The molecule has 1 saturated heterocycles. The van der Waals surface area contributed by atoms with Gasteiger partial charge in [-0.25, -0.2) is 4.79 Å². The molecule has 9 rings (SSSR count). The molecule has 210 valence electrons. The van der Waals surface area contributed by atoms with Crippen molar-refractivity contribution in [3.8, 4) is 11.5 Å². The van der Waals surface area contributed by atoms with Gasteiger partial charge in [0.2, 0.25) is 5.89 Å². The number of anilines is 1. The van der Waals surface area contributed by atoms with Gasteiger partial charge >= 0.3 is 6.03 Å². The molecule has 1 aromatic carbocycles. The highest BCUT2D eigenvalue weighted by atomic mass is 16.5. The lowest BCUT2D eigenvalue weighted by molar-refractivity contribution is 0.0232. The Kier molecular flexibility index (Phi) is 5.78. The second-order valence-electron chi connectivity index (χ2n) is 13.2. The second kappa shape index (κ2) is 9.42. The van der Waals surface area contributed by atoms with E-state index in [-0.39, 0.29) is 16.9 Å². The van der Waals surface area contributed by atoms with Crippen LogP contribution in [0.4, 0.5) is 10.5 Å². The number of nitrogens with one attached hydrogen (secondary N) is 1. The topological polar surface area (TPSA) is 110 Å². The third kappa shape index (κ3) is 4.41. The molecule has 2 aromatic heterocycles. The number of hydrogen-bond donors (Lipinski definition) is 1. The summed E-state index contributed by atoms with van der Waals surface area (Å²) in [5, 5.41) is 11.9. The number of aromatic nitrogens is 4. The lowest BCUT2D eigenvalue weighted by atomic mass is 9.52. The number of carbonyl (C=O) groups is 1. The van der Waals surface area contributed by atoms with Gasteiger partial charge in [-0.2, -0.15) is 9.97 Å². The molecule has 9 nitrogen and oxygen atoms in total. The van der Waals surface area contributed by atoms with Crippen molar-refractivity contribution in [1.82, 2.24) is 25.2 Å². The Labute approximate surface area is 234 Å². The molecule has 5 saturated carbocycles. The molecule has 0 radical (unpaired) electrons. The van der Waals surface area contributed by atoms with E-state index in [4.69, 9.17) is 19.0 Å². The van der Waals surface area contributed by atoms with E-state index in [0.717, 1.165) is 118 Å². The Bertz CT molecular complexity index is 1390. The maximum Gasteiger partial charge on any atom is 0.321 e. The summed E-state index contributed by atoms with van der Waals surface area (Å²) in [7, 11) is 0. The molecule has 5 aliphatic carbocycles. The van der Waals surface area contributed by atoms with Crippen LogP contribution in [0.5, 0.6) is 0 Å². The van der Waals surface area contributed by atoms with Crippen LogP contribution in [0.25, 0.3) is 11.5 Å². The van der Waals surface area contributed by atoms with E-state index in [1.807, 2.05) is 17.0 Å². The monoisotopic (exact) mass is 542 g/mol. The van der Waals surface area contributed by atoms with Crippen LogP contribution in [0.1, 0.15) is 118 Å². The Balaban J connectivity index is 1.08. The van der Waals surface area contributed by atoms with Gasteiger partial charge in [0.1, 0.15) is 0 Å². The number of nitrogens with zero attached hydrogens (tertiary/aromatic N) is 5. The second-order valence-corrected chi connectivity index (χ2v) is 13.2. The first-order valence-corrected chi connectivity index (χ1v) is 15.5. The van der Waals surface area contributed by atoms with E-state index >= 15 is 0 Å². The quantitative estimate of drug-likeness (QED) is 0.352. The maximum absolute atomic E-state index is 13.3. The molecule has 2 bridgehead atoms. The summed E-state index contributed by atoms with van der Waals surface area (Å²) >= 11 is 0. The fraction of sp³-hybridized carbons (Fsp3) is 0.645. The summed E-state index contributed by atoms with van der Waals surface area (Å²) < 4.78 is 11.7. The van der Waals surface area contributed by atoms with Crippen LogP contribution in [0.15, 0.2) is 27.2 Å². The molecule has 6 fully saturated rings. The highest BCUT2D eigenvalue weighted by Gasteiger charge is 2.52. The third-order valence-corrected chi connectivity index (χ3v) is 10.5. The summed E-state index contributed by atoms with van der Waals surface area (Å²) in [5.74, 6) is 4.11. The minimum absolute atomic E-state index is 0.00559. The normalized spacial score (nSPS) is 28.1. The molecule has 9 heteroatoms. The Morgan fingerprint density at radius 2 is 1.55 bits per heavy atom. The molecule has 0 unspecified atom stereocenters. The predicted octanol–water partition coefficient (Wildman–Crippen LogP) is 6.73. The largest absolute Gasteiger partial charge is 0.339 e. The average Bonchev–Trinajstić information content (AvgIpc) is 3.94. The van der Waals surface area contributed by atoms with Gasteiger partial charge in [0, 0.05) is 41.6 Å². The van der Waals surface area contributed by atoms with E-state index in [0.29, 0.717) is 17.7 Å². The van der Waals surface area contributed by atoms with Gasteiger partial charge in [-0.3, -0.25) is 0 Å². The van der Waals surface area contributed by atoms with Gasteiger partial charge in [0.05, 0.1) is 0 Å². The minimum atomic E-state index is -0.00559. The standard InChI is InChI=1S/C31H38N6O3/c38-29(37-17-2-1-3-18-37)32-24-6-4-5-22(27-33-25(35-39-27)20-7-8-20)23(24)19-30-11-14-31(15-12-30,16-13-30)28-34-26(36-40-28)21-9-10-21/h4-6,20-21H,1-3,7-19H2,(H,32,38). The van der Waals surface area contributed by atoms with Crippen LogP contribution in [0, 0.1) is 5.41 Å². The highest BCUT2D eigenvalue weighted by Crippen LogP contribution is 2.59. The first-order valence-electron chi connectivity index (χ1n) is 15.5. The predicted molar refractivity (Wildman–Crippen MR) is 148 cm³/mol. The number of likely N-dealkylation sites (tertiary alicyclic amines) is 1. The molecule has 1 N–H and O–H groups in total. The van der Waals surface area contributed by atoms with E-state index in [2.05, 4.69) is 21.7 Å². The molecule has 6 aliphatic rings. The van der Waals surface area contributed by atoms with Crippen LogP contribution in [-0.2, 0) is 11.8 Å². The summed E-state index contributed by atoms with van der Waals surface area (Å²) in [5.41, 5.74) is 3.15. The minimum Gasteiger partial charge on any atom is -0.339 e. The number of rotatable bonds is 7. The summed E-state index contributed by atoms with van der Waals surface area (Å²) in [4.78, 5) is 25.0. The lowest BCUT2D eigenvalue weighted by Crippen LogP contribution is -2.45. The van der Waals surface area contributed by atoms with Gasteiger partial charge in [-0.15, -0.1) is 0 Å². The average molecular weight is 543 g/mol. The molecule has 0 spiro atoms. The van der Waals surface area contributed by atoms with Crippen molar-refractivity contribution >= 4 is 11.7 Å². The zero-order valence-corrected chi connectivity index (χ0v) is 23.2. The van der Waals surface area contributed by atoms with E-state index in [1.165, 1.54) is 19.3 Å². The van der Waals surface area contributed by atoms with Gasteiger partial charge in [0.15, 0.2) is 11.6 Å². The Morgan fingerprint density at radius 3 is 2.25 bits per heavy atom. The van der Waals surface area contributed by atoms with Gasteiger partial charge in [-0.1, -0.05) is 16.4 Å². The zero-order chi connectivity index (χ0) is 26.7. The zero-order valence-electron chi connectivity index (χ0n) is 23.2. The van der Waals surface area contributed by atoms with E-state index in [1.54, 1.807) is 0 Å². The van der Waals surface area contributed by atoms with Crippen molar-refractivity contribution < 1.29 is 13.8 Å². The molecular formula is C31H38N6O3.